The molecule has 5 N–H and O–H groups in total. The van der Waals surface area contributed by atoms with Gasteiger partial charge in [-0.25, -0.2) is 0 Å². The summed E-state index contributed by atoms with van der Waals surface area (Å²) in [4.78, 5) is 0. The highest BCUT2D eigenvalue weighted by Gasteiger charge is 2.15. The van der Waals surface area contributed by atoms with Crippen LogP contribution >= 0.6 is 0 Å². The molecule has 0 saturated carbocycles. The summed E-state index contributed by atoms with van der Waals surface area (Å²) in [6.07, 6.45) is 1.52. The molecule has 1 aliphatic rings. The number of nitrogens with two attached hydrogens (primary N) is 1. The second-order valence-corrected chi connectivity index (χ2v) is 2.85. The van der Waals surface area contributed by atoms with Gasteiger partial charge < -0.3 is 5.32 Å². The lowest BCUT2D eigenvalue weighted by atomic mass is 10.2. The van der Waals surface area contributed by atoms with E-state index >= 15 is 0 Å². The minimum absolute atomic E-state index is 0.555. The molecule has 5 nitrogen and oxygen atoms in total. The van der Waals surface area contributed by atoms with Crippen molar-refractivity contribution in [2.45, 2.75) is 19.2 Å². The molecular weight excluding hydrogens is 166 g/mol. The van der Waals surface area contributed by atoms with Gasteiger partial charge in [0.25, 0.3) is 0 Å². The van der Waals surface area contributed by atoms with Gasteiger partial charge in [0.2, 0.25) is 0 Å². The van der Waals surface area contributed by atoms with E-state index in [-0.39, 0.29) is 0 Å². The Bertz CT molecular complexity index is 399. The van der Waals surface area contributed by atoms with Crippen LogP contribution in [-0.4, -0.2) is 16.5 Å². The van der Waals surface area contributed by atoms with Crippen molar-refractivity contribution in [1.82, 2.24) is 20.8 Å². The third-order valence-electron chi connectivity index (χ3n) is 1.75. The van der Waals surface area contributed by atoms with Crippen LogP contribution < -0.4 is 16.4 Å². The van der Waals surface area contributed by atoms with Gasteiger partial charge in [-0.1, -0.05) is 0 Å². The van der Waals surface area contributed by atoms with Gasteiger partial charge in [0.05, 0.1) is 20.1 Å². The summed E-state index contributed by atoms with van der Waals surface area (Å²) in [6, 6.07) is 0.495. The minimum atomic E-state index is -1.55. The number of hydrogen-bond donors (Lipinski definition) is 4. The number of nitrogens with one attached hydrogen (secondary N) is 3. The largest absolute Gasteiger partial charge is 0.364 e. The third kappa shape index (κ3) is 1.71. The molecule has 2 unspecified atom stereocenters. The van der Waals surface area contributed by atoms with Crippen LogP contribution in [0.25, 0.3) is 0 Å². The molecule has 0 radical (unpaired) electrons. The Morgan fingerprint density at radius 2 is 2.54 bits per heavy atom. The van der Waals surface area contributed by atoms with Crippen LogP contribution in [0.4, 0.5) is 0 Å². The summed E-state index contributed by atoms with van der Waals surface area (Å²) in [5, 5.41) is 11.9. The van der Waals surface area contributed by atoms with Crippen LogP contribution in [0.15, 0.2) is 18.3 Å². The van der Waals surface area contributed by atoms with Crippen LogP contribution in [0.1, 0.15) is 20.1 Å². The summed E-state index contributed by atoms with van der Waals surface area (Å²) in [6.45, 7) is 1.82. The van der Waals surface area contributed by atoms with E-state index in [4.69, 9.17) is 8.48 Å². The summed E-state index contributed by atoms with van der Waals surface area (Å²) >= 11 is 0. The van der Waals surface area contributed by atoms with E-state index < -0.39 is 12.3 Å². The number of hydrogen-bond acceptors (Lipinski definition) is 4. The average molecular weight is 181 g/mol. The maximum atomic E-state index is 8.12. The second-order valence-electron chi connectivity index (χ2n) is 2.85. The zero-order valence-corrected chi connectivity index (χ0v) is 7.26. The Kier molecular flexibility index (Phi) is 1.52. The molecule has 0 aliphatic carbocycles. The van der Waals surface area contributed by atoms with Crippen LogP contribution in [0.3, 0.4) is 0 Å². The van der Waals surface area contributed by atoms with Crippen molar-refractivity contribution in [1.29, 1.82) is 0 Å². The highest BCUT2D eigenvalue weighted by atomic mass is 15.3. The lowest BCUT2D eigenvalue weighted by molar-refractivity contribution is 0.425. The van der Waals surface area contributed by atoms with Gasteiger partial charge in [0.15, 0.2) is 0 Å². The van der Waals surface area contributed by atoms with E-state index in [9.17, 15) is 0 Å². The molecule has 0 spiro atoms. The van der Waals surface area contributed by atoms with E-state index in [1.165, 1.54) is 6.20 Å². The molecule has 1 aromatic rings. The molecule has 0 fully saturated rings. The molecule has 5 heteroatoms. The molecule has 0 aromatic carbocycles. The first-order valence-electron chi connectivity index (χ1n) is 4.97. The smallest absolute Gasteiger partial charge is 0.130 e. The standard InChI is InChI=1S/C8H13N5/c1-5-4-7(13-12-5)6-2-3-10-8(9)11-6/h2-4,6,8,10-11H,9H2,1H3,(H,12,13)/i6D,8D. The summed E-state index contributed by atoms with van der Waals surface area (Å²) in [5.41, 5.74) is 6.88. The Balaban J connectivity index is 2.35. The van der Waals surface area contributed by atoms with Gasteiger partial charge in [0.1, 0.15) is 6.27 Å². The number of rotatable bonds is 1. The molecule has 1 aromatic heterocycles. The molecule has 2 atom stereocenters. The van der Waals surface area contributed by atoms with E-state index in [1.54, 1.807) is 12.1 Å². The molecule has 2 heterocycles. The number of aromatic amines is 1. The van der Waals surface area contributed by atoms with Crippen LogP contribution in [-0.2, 0) is 0 Å². The molecule has 13 heavy (non-hydrogen) atoms. The SMILES string of the molecule is [2H]C1(N)NC=CC([2H])(c2cc(C)n[nH]2)N1. The molecular formula is C8H13N5. The number of aromatic nitrogens is 2. The van der Waals surface area contributed by atoms with Crippen LogP contribution in [0.5, 0.6) is 0 Å². The monoisotopic (exact) mass is 181 g/mol. The molecule has 2 rings (SSSR count). The van der Waals surface area contributed by atoms with Crippen molar-refractivity contribution < 1.29 is 2.74 Å². The Hall–Kier alpha value is -1.33. The van der Waals surface area contributed by atoms with E-state index in [0.717, 1.165) is 5.69 Å². The third-order valence-corrected chi connectivity index (χ3v) is 1.75. The maximum Gasteiger partial charge on any atom is 0.130 e. The fraction of sp³-hybridized carbons (Fsp3) is 0.375. The highest BCUT2D eigenvalue weighted by Crippen LogP contribution is 2.13. The number of aryl methyl sites for hydroxylation is 1. The predicted molar refractivity (Wildman–Crippen MR) is 49.5 cm³/mol. The normalized spacial score (nSPS) is 40.8. The quantitative estimate of drug-likeness (QED) is 0.480. The average Bonchev–Trinajstić information content (AvgIpc) is 2.49. The van der Waals surface area contributed by atoms with Crippen molar-refractivity contribution in [2.24, 2.45) is 5.73 Å². The first-order valence-corrected chi connectivity index (χ1v) is 3.97. The Morgan fingerprint density at radius 3 is 3.15 bits per heavy atom. The fourth-order valence-corrected chi connectivity index (χ4v) is 1.15. The molecule has 0 bridgehead atoms. The van der Waals surface area contributed by atoms with Crippen molar-refractivity contribution in [3.05, 3.63) is 29.7 Å². The zero-order chi connectivity index (χ0) is 11.1. The topological polar surface area (TPSA) is 78.8 Å². The van der Waals surface area contributed by atoms with Gasteiger partial charge >= 0.3 is 0 Å². The number of nitrogens with zero attached hydrogens (tertiary/aromatic N) is 1. The van der Waals surface area contributed by atoms with E-state index in [1.807, 2.05) is 6.92 Å². The zero-order valence-electron chi connectivity index (χ0n) is 9.26. The van der Waals surface area contributed by atoms with E-state index in [2.05, 4.69) is 20.8 Å². The van der Waals surface area contributed by atoms with Crippen molar-refractivity contribution in [3.8, 4) is 0 Å². The van der Waals surface area contributed by atoms with Gasteiger partial charge in [-0.3, -0.25) is 16.1 Å². The van der Waals surface area contributed by atoms with Crippen LogP contribution in [0.2, 0.25) is 0 Å². The summed E-state index contributed by atoms with van der Waals surface area (Å²) in [5.74, 6) is 0. The Morgan fingerprint density at radius 1 is 1.69 bits per heavy atom. The predicted octanol–water partition coefficient (Wildman–Crippen LogP) is -0.292. The van der Waals surface area contributed by atoms with Crippen molar-refractivity contribution in [3.63, 3.8) is 0 Å². The molecule has 70 valence electrons. The summed E-state index contributed by atoms with van der Waals surface area (Å²) in [7, 11) is 0. The van der Waals surface area contributed by atoms with Crippen molar-refractivity contribution in [2.75, 3.05) is 0 Å². The first-order chi connectivity index (χ1) is 6.91. The lowest BCUT2D eigenvalue weighted by Crippen LogP contribution is -2.50. The van der Waals surface area contributed by atoms with Gasteiger partial charge in [0, 0.05) is 0 Å². The molecule has 0 amide bonds. The highest BCUT2D eigenvalue weighted by molar-refractivity contribution is 5.17. The first kappa shape index (κ1) is 6.17. The van der Waals surface area contributed by atoms with Gasteiger partial charge in [-0.05, 0) is 25.3 Å². The Labute approximate surface area is 79.2 Å². The van der Waals surface area contributed by atoms with Gasteiger partial charge in [-0.2, -0.15) is 5.10 Å². The van der Waals surface area contributed by atoms with Gasteiger partial charge in [-0.15, -0.1) is 0 Å². The van der Waals surface area contributed by atoms with Crippen molar-refractivity contribution >= 4 is 0 Å². The lowest BCUT2D eigenvalue weighted by Gasteiger charge is -2.24. The fourth-order valence-electron chi connectivity index (χ4n) is 1.15. The maximum absolute atomic E-state index is 8.12. The van der Waals surface area contributed by atoms with E-state index in [0.29, 0.717) is 5.69 Å². The molecule has 1 aliphatic heterocycles. The van der Waals surface area contributed by atoms with Crippen LogP contribution in [0, 0.1) is 6.92 Å². The summed E-state index contributed by atoms with van der Waals surface area (Å²) < 4.78 is 15.7. The molecule has 0 saturated heterocycles. The second kappa shape index (κ2) is 3.20. The minimum Gasteiger partial charge on any atom is -0.364 e. The number of H-pyrrole nitrogens is 1.